The van der Waals surface area contributed by atoms with Crippen LogP contribution in [0.3, 0.4) is 0 Å². The minimum absolute atomic E-state index is 0.326. The Hall–Kier alpha value is -1.60. The Morgan fingerprint density at radius 1 is 1.29 bits per heavy atom. The summed E-state index contributed by atoms with van der Waals surface area (Å²) < 4.78 is 38.5. The van der Waals surface area contributed by atoms with Crippen LogP contribution in [0, 0.1) is 17.5 Å². The van der Waals surface area contributed by atoms with E-state index >= 15 is 0 Å². The van der Waals surface area contributed by atoms with Crippen molar-refractivity contribution in [1.82, 2.24) is 5.32 Å². The highest BCUT2D eigenvalue weighted by atomic mass is 19.2. The van der Waals surface area contributed by atoms with Gasteiger partial charge in [0.1, 0.15) is 0 Å². The number of amides is 1. The molecule has 0 bridgehead atoms. The zero-order valence-electron chi connectivity index (χ0n) is 8.58. The molecule has 17 heavy (non-hydrogen) atoms. The SMILES string of the molecule is O=C(NCC(O)CO)c1ccc(F)c(F)c1F. The molecule has 0 aliphatic rings. The maximum atomic E-state index is 13.1. The van der Waals surface area contributed by atoms with E-state index in [2.05, 4.69) is 5.32 Å². The smallest absolute Gasteiger partial charge is 0.254 e. The lowest BCUT2D eigenvalue weighted by Crippen LogP contribution is -2.34. The largest absolute Gasteiger partial charge is 0.394 e. The zero-order valence-corrected chi connectivity index (χ0v) is 8.58. The number of carbonyl (C=O) groups is 1. The summed E-state index contributed by atoms with van der Waals surface area (Å²) in [4.78, 5) is 11.3. The van der Waals surface area contributed by atoms with Crippen molar-refractivity contribution in [2.75, 3.05) is 13.2 Å². The van der Waals surface area contributed by atoms with Crippen LogP contribution in [-0.4, -0.2) is 35.4 Å². The highest BCUT2D eigenvalue weighted by molar-refractivity contribution is 5.94. The van der Waals surface area contributed by atoms with Gasteiger partial charge in [0.05, 0.1) is 18.3 Å². The number of rotatable bonds is 4. The van der Waals surface area contributed by atoms with Gasteiger partial charge in [-0.3, -0.25) is 4.79 Å². The van der Waals surface area contributed by atoms with E-state index in [4.69, 9.17) is 10.2 Å². The third-order valence-electron chi connectivity index (χ3n) is 1.99. The van der Waals surface area contributed by atoms with Gasteiger partial charge in [-0.1, -0.05) is 0 Å². The number of aliphatic hydroxyl groups excluding tert-OH is 2. The first-order valence-electron chi connectivity index (χ1n) is 4.68. The van der Waals surface area contributed by atoms with Crippen molar-refractivity contribution >= 4 is 5.91 Å². The lowest BCUT2D eigenvalue weighted by Gasteiger charge is -2.09. The van der Waals surface area contributed by atoms with Crippen LogP contribution in [0.5, 0.6) is 0 Å². The van der Waals surface area contributed by atoms with Crippen LogP contribution in [0.1, 0.15) is 10.4 Å². The van der Waals surface area contributed by atoms with Crippen LogP contribution in [0.15, 0.2) is 12.1 Å². The molecule has 0 spiro atoms. The van der Waals surface area contributed by atoms with Crippen LogP contribution in [0.25, 0.3) is 0 Å². The van der Waals surface area contributed by atoms with Gasteiger partial charge in [-0.25, -0.2) is 13.2 Å². The van der Waals surface area contributed by atoms with E-state index in [-0.39, 0.29) is 6.54 Å². The van der Waals surface area contributed by atoms with E-state index in [1.165, 1.54) is 0 Å². The standard InChI is InChI=1S/C10H10F3NO3/c11-7-2-1-6(8(12)9(7)13)10(17)14-3-5(16)4-15/h1-2,5,15-16H,3-4H2,(H,14,17). The van der Waals surface area contributed by atoms with Gasteiger partial charge < -0.3 is 15.5 Å². The van der Waals surface area contributed by atoms with Crippen LogP contribution in [0.2, 0.25) is 0 Å². The molecule has 7 heteroatoms. The van der Waals surface area contributed by atoms with Gasteiger partial charge in [0.2, 0.25) is 0 Å². The Balaban J connectivity index is 2.80. The number of halogens is 3. The Kier molecular flexibility index (Phi) is 4.47. The lowest BCUT2D eigenvalue weighted by atomic mass is 10.2. The maximum Gasteiger partial charge on any atom is 0.254 e. The number of carbonyl (C=O) groups excluding carboxylic acids is 1. The maximum absolute atomic E-state index is 13.1. The third-order valence-corrected chi connectivity index (χ3v) is 1.99. The monoisotopic (exact) mass is 249 g/mol. The summed E-state index contributed by atoms with van der Waals surface area (Å²) in [6, 6.07) is 1.41. The molecule has 1 atom stereocenters. The van der Waals surface area contributed by atoms with Gasteiger partial charge in [0, 0.05) is 6.54 Å². The first kappa shape index (κ1) is 13.5. The second-order valence-electron chi connectivity index (χ2n) is 3.27. The second-order valence-corrected chi connectivity index (χ2v) is 3.27. The van der Waals surface area contributed by atoms with Crippen molar-refractivity contribution in [2.24, 2.45) is 0 Å². The highest BCUT2D eigenvalue weighted by Crippen LogP contribution is 2.14. The molecule has 1 aromatic rings. The van der Waals surface area contributed by atoms with Crippen LogP contribution in [-0.2, 0) is 0 Å². The van der Waals surface area contributed by atoms with E-state index in [1.807, 2.05) is 0 Å². The van der Waals surface area contributed by atoms with Crippen molar-refractivity contribution in [3.63, 3.8) is 0 Å². The molecule has 0 aromatic heterocycles. The molecule has 94 valence electrons. The summed E-state index contributed by atoms with van der Waals surface area (Å²) in [5.74, 6) is -5.73. The van der Waals surface area contributed by atoms with Crippen LogP contribution in [0.4, 0.5) is 13.2 Å². The molecule has 0 saturated heterocycles. The van der Waals surface area contributed by atoms with Crippen molar-refractivity contribution in [3.8, 4) is 0 Å². The van der Waals surface area contributed by atoms with E-state index in [0.29, 0.717) is 6.07 Å². The summed E-state index contributed by atoms with van der Waals surface area (Å²) in [5.41, 5.74) is -0.672. The van der Waals surface area contributed by atoms with E-state index in [0.717, 1.165) is 6.07 Å². The molecule has 0 radical (unpaired) electrons. The normalized spacial score (nSPS) is 12.3. The zero-order chi connectivity index (χ0) is 13.0. The molecular formula is C10H10F3NO3. The molecule has 0 aliphatic carbocycles. The van der Waals surface area contributed by atoms with Gasteiger partial charge in [0.15, 0.2) is 17.5 Å². The molecule has 1 aromatic carbocycles. The fourth-order valence-corrected chi connectivity index (χ4v) is 1.07. The minimum Gasteiger partial charge on any atom is -0.394 e. The molecule has 1 unspecified atom stereocenters. The predicted octanol–water partition coefficient (Wildman–Crippen LogP) is 0.187. The average molecular weight is 249 g/mol. The van der Waals surface area contributed by atoms with Crippen molar-refractivity contribution in [2.45, 2.75) is 6.10 Å². The second kappa shape index (κ2) is 5.65. The Morgan fingerprint density at radius 2 is 1.94 bits per heavy atom. The molecule has 0 saturated carbocycles. The fraction of sp³-hybridized carbons (Fsp3) is 0.300. The van der Waals surface area contributed by atoms with Crippen molar-refractivity contribution in [3.05, 3.63) is 35.1 Å². The molecule has 0 heterocycles. The minimum atomic E-state index is -1.74. The number of hydrogen-bond donors (Lipinski definition) is 3. The van der Waals surface area contributed by atoms with Gasteiger partial charge in [-0.15, -0.1) is 0 Å². The molecular weight excluding hydrogens is 239 g/mol. The molecule has 0 aliphatic heterocycles. The van der Waals surface area contributed by atoms with Crippen molar-refractivity contribution in [1.29, 1.82) is 0 Å². The first-order chi connectivity index (χ1) is 7.97. The summed E-state index contributed by atoms with van der Waals surface area (Å²) in [7, 11) is 0. The number of nitrogens with one attached hydrogen (secondary N) is 1. The van der Waals surface area contributed by atoms with Gasteiger partial charge in [0.25, 0.3) is 5.91 Å². The molecule has 0 fully saturated rings. The Morgan fingerprint density at radius 3 is 2.53 bits per heavy atom. The summed E-state index contributed by atoms with van der Waals surface area (Å²) in [6.07, 6.45) is -1.20. The number of benzene rings is 1. The van der Waals surface area contributed by atoms with E-state index in [1.54, 1.807) is 0 Å². The Labute approximate surface area is 94.7 Å². The van der Waals surface area contributed by atoms with Gasteiger partial charge in [-0.2, -0.15) is 0 Å². The van der Waals surface area contributed by atoms with Gasteiger partial charge in [-0.05, 0) is 12.1 Å². The van der Waals surface area contributed by atoms with Crippen LogP contribution >= 0.6 is 0 Å². The quantitative estimate of drug-likeness (QED) is 0.667. The first-order valence-corrected chi connectivity index (χ1v) is 4.68. The fourth-order valence-electron chi connectivity index (χ4n) is 1.07. The Bertz CT molecular complexity index is 426. The van der Waals surface area contributed by atoms with Gasteiger partial charge >= 0.3 is 0 Å². The van der Waals surface area contributed by atoms with E-state index in [9.17, 15) is 18.0 Å². The summed E-state index contributed by atoms with van der Waals surface area (Å²) >= 11 is 0. The lowest BCUT2D eigenvalue weighted by molar-refractivity contribution is 0.0798. The molecule has 4 nitrogen and oxygen atoms in total. The molecule has 3 N–H and O–H groups in total. The number of hydrogen-bond acceptors (Lipinski definition) is 3. The third kappa shape index (κ3) is 3.18. The van der Waals surface area contributed by atoms with Crippen molar-refractivity contribution < 1.29 is 28.2 Å². The van der Waals surface area contributed by atoms with Crippen LogP contribution < -0.4 is 5.32 Å². The summed E-state index contributed by atoms with van der Waals surface area (Å²) in [6.45, 7) is -0.908. The highest BCUT2D eigenvalue weighted by Gasteiger charge is 2.18. The average Bonchev–Trinajstić information content (AvgIpc) is 2.32. The van der Waals surface area contributed by atoms with E-state index < -0.39 is 41.6 Å². The molecule has 1 rings (SSSR count). The topological polar surface area (TPSA) is 69.6 Å². The summed E-state index contributed by atoms with van der Waals surface area (Å²) in [5, 5.41) is 19.5. The molecule has 1 amide bonds. The predicted molar refractivity (Wildman–Crippen MR) is 51.7 cm³/mol. The number of aliphatic hydroxyl groups is 2.